The van der Waals surface area contributed by atoms with Crippen LogP contribution in [0, 0.1) is 24.0 Å². The molecule has 0 unspecified atom stereocenters. The molecule has 3 aromatic carbocycles. The van der Waals surface area contributed by atoms with Crippen molar-refractivity contribution >= 4 is 28.5 Å². The second-order valence-corrected chi connectivity index (χ2v) is 7.63. The van der Waals surface area contributed by atoms with Crippen molar-refractivity contribution < 1.29 is 24.0 Å². The summed E-state index contributed by atoms with van der Waals surface area (Å²) in [5.41, 5.74) is 2.85. The summed E-state index contributed by atoms with van der Waals surface area (Å²) in [6.07, 6.45) is 0. The molecule has 0 atom stereocenters. The summed E-state index contributed by atoms with van der Waals surface area (Å²) in [5.74, 6) is -0.991. The van der Waals surface area contributed by atoms with Gasteiger partial charge in [-0.3, -0.25) is 10.1 Å². The summed E-state index contributed by atoms with van der Waals surface area (Å²) in [6, 6.07) is 18.8. The number of esters is 2. The van der Waals surface area contributed by atoms with E-state index in [-0.39, 0.29) is 29.2 Å². The molecule has 34 heavy (non-hydrogen) atoms. The van der Waals surface area contributed by atoms with Gasteiger partial charge in [-0.25, -0.2) is 9.59 Å². The standard InChI is InChI=1S/C26H22N2O6/c1-4-33-26(30)24-17(3)27(18-9-6-5-7-10-18)23-14-13-19(15-21(23)24)34-25(29)20-11-8-12-22(16(20)2)28(31)32/h5-15H,4H2,1-3H3. The molecule has 8 nitrogen and oxygen atoms in total. The first-order valence-electron chi connectivity index (χ1n) is 10.7. The average molecular weight is 458 g/mol. The van der Waals surface area contributed by atoms with Crippen LogP contribution in [-0.2, 0) is 4.74 Å². The van der Waals surface area contributed by atoms with Crippen LogP contribution in [0.25, 0.3) is 16.6 Å². The minimum absolute atomic E-state index is 0.0953. The van der Waals surface area contributed by atoms with Gasteiger partial charge in [0, 0.05) is 28.4 Å². The van der Waals surface area contributed by atoms with Crippen molar-refractivity contribution in [2.24, 2.45) is 0 Å². The second-order valence-electron chi connectivity index (χ2n) is 7.63. The Morgan fingerprint density at radius 1 is 0.971 bits per heavy atom. The first kappa shape index (κ1) is 22.7. The van der Waals surface area contributed by atoms with Crippen LogP contribution in [0.2, 0.25) is 0 Å². The van der Waals surface area contributed by atoms with Gasteiger partial charge < -0.3 is 14.0 Å². The molecule has 0 radical (unpaired) electrons. The van der Waals surface area contributed by atoms with Crippen LogP contribution in [0.5, 0.6) is 5.75 Å². The minimum atomic E-state index is -0.725. The van der Waals surface area contributed by atoms with E-state index >= 15 is 0 Å². The van der Waals surface area contributed by atoms with Gasteiger partial charge in [-0.1, -0.05) is 24.3 Å². The van der Waals surface area contributed by atoms with Crippen LogP contribution < -0.4 is 4.74 Å². The van der Waals surface area contributed by atoms with Crippen molar-refractivity contribution in [3.63, 3.8) is 0 Å². The smallest absolute Gasteiger partial charge is 0.344 e. The molecule has 8 heteroatoms. The fourth-order valence-corrected chi connectivity index (χ4v) is 4.04. The van der Waals surface area contributed by atoms with Crippen molar-refractivity contribution in [1.82, 2.24) is 4.57 Å². The highest BCUT2D eigenvalue weighted by Crippen LogP contribution is 2.33. The Morgan fingerprint density at radius 2 is 1.71 bits per heavy atom. The van der Waals surface area contributed by atoms with Gasteiger partial charge in [0.15, 0.2) is 0 Å². The zero-order valence-electron chi connectivity index (χ0n) is 18.9. The number of ether oxygens (including phenoxy) is 2. The number of aromatic nitrogens is 1. The van der Waals surface area contributed by atoms with Crippen molar-refractivity contribution in [3.8, 4) is 11.4 Å². The van der Waals surface area contributed by atoms with Gasteiger partial charge in [-0.05, 0) is 57.2 Å². The first-order valence-corrected chi connectivity index (χ1v) is 10.7. The fourth-order valence-electron chi connectivity index (χ4n) is 4.04. The van der Waals surface area contributed by atoms with E-state index in [4.69, 9.17) is 9.47 Å². The van der Waals surface area contributed by atoms with E-state index in [9.17, 15) is 19.7 Å². The average Bonchev–Trinajstić information content (AvgIpc) is 3.10. The lowest BCUT2D eigenvalue weighted by atomic mass is 10.1. The molecule has 0 N–H and O–H groups in total. The van der Waals surface area contributed by atoms with Crippen LogP contribution in [0.15, 0.2) is 66.7 Å². The second kappa shape index (κ2) is 9.19. The summed E-state index contributed by atoms with van der Waals surface area (Å²) in [4.78, 5) is 36.3. The number of carbonyl (C=O) groups is 2. The Morgan fingerprint density at radius 3 is 2.38 bits per heavy atom. The van der Waals surface area contributed by atoms with Gasteiger partial charge in [0.05, 0.1) is 28.2 Å². The molecule has 0 aliphatic rings. The number of benzene rings is 3. The van der Waals surface area contributed by atoms with E-state index < -0.39 is 16.9 Å². The summed E-state index contributed by atoms with van der Waals surface area (Å²) in [5, 5.41) is 11.8. The third-order valence-corrected chi connectivity index (χ3v) is 5.60. The molecule has 0 saturated carbocycles. The van der Waals surface area contributed by atoms with Crippen molar-refractivity contribution in [2.45, 2.75) is 20.8 Å². The summed E-state index contributed by atoms with van der Waals surface area (Å²) in [7, 11) is 0. The fraction of sp³-hybridized carbons (Fsp3) is 0.154. The Labute approximate surface area is 195 Å². The van der Waals surface area contributed by atoms with Crippen LogP contribution in [0.4, 0.5) is 5.69 Å². The molecule has 4 aromatic rings. The van der Waals surface area contributed by atoms with Crippen LogP contribution in [0.1, 0.15) is 38.9 Å². The monoisotopic (exact) mass is 458 g/mol. The molecule has 0 amide bonds. The number of nitro groups is 1. The van der Waals surface area contributed by atoms with Crippen LogP contribution in [-0.4, -0.2) is 28.0 Å². The number of fused-ring (bicyclic) bond motifs is 1. The number of para-hydroxylation sites is 1. The highest BCUT2D eigenvalue weighted by Gasteiger charge is 2.24. The third-order valence-electron chi connectivity index (χ3n) is 5.60. The molecule has 0 fully saturated rings. The molecule has 4 rings (SSSR count). The lowest BCUT2D eigenvalue weighted by Gasteiger charge is -2.09. The minimum Gasteiger partial charge on any atom is -0.462 e. The molecule has 0 saturated heterocycles. The molecule has 1 heterocycles. The predicted molar refractivity (Wildman–Crippen MR) is 127 cm³/mol. The number of rotatable bonds is 6. The van der Waals surface area contributed by atoms with E-state index in [2.05, 4.69) is 0 Å². The molecule has 0 aliphatic heterocycles. The Bertz CT molecular complexity index is 1420. The highest BCUT2D eigenvalue weighted by molar-refractivity contribution is 6.07. The summed E-state index contributed by atoms with van der Waals surface area (Å²) < 4.78 is 12.8. The van der Waals surface area contributed by atoms with E-state index in [1.807, 2.05) is 41.8 Å². The lowest BCUT2D eigenvalue weighted by molar-refractivity contribution is -0.385. The lowest BCUT2D eigenvalue weighted by Crippen LogP contribution is -2.11. The number of nitro benzene ring substituents is 1. The third kappa shape index (κ3) is 4.01. The zero-order valence-corrected chi connectivity index (χ0v) is 18.9. The van der Waals surface area contributed by atoms with E-state index in [1.54, 1.807) is 25.1 Å². The Kier molecular flexibility index (Phi) is 6.14. The van der Waals surface area contributed by atoms with E-state index in [0.29, 0.717) is 16.6 Å². The molecule has 0 bridgehead atoms. The van der Waals surface area contributed by atoms with E-state index in [0.717, 1.165) is 11.2 Å². The first-order chi connectivity index (χ1) is 16.3. The quantitative estimate of drug-likeness (QED) is 0.162. The number of nitrogens with zero attached hydrogens (tertiary/aromatic N) is 2. The summed E-state index contributed by atoms with van der Waals surface area (Å²) >= 11 is 0. The van der Waals surface area contributed by atoms with Crippen molar-refractivity contribution in [1.29, 1.82) is 0 Å². The van der Waals surface area contributed by atoms with Crippen molar-refractivity contribution in [2.75, 3.05) is 6.61 Å². The highest BCUT2D eigenvalue weighted by atomic mass is 16.6. The molecule has 172 valence electrons. The molecular formula is C26H22N2O6. The number of hydrogen-bond donors (Lipinski definition) is 0. The Balaban J connectivity index is 1.80. The molecular weight excluding hydrogens is 436 g/mol. The Hall–Kier alpha value is -4.46. The maximum atomic E-state index is 12.8. The van der Waals surface area contributed by atoms with Crippen LogP contribution >= 0.6 is 0 Å². The normalized spacial score (nSPS) is 10.8. The topological polar surface area (TPSA) is 101 Å². The van der Waals surface area contributed by atoms with Gasteiger partial charge in [0.25, 0.3) is 5.69 Å². The number of hydrogen-bond acceptors (Lipinski definition) is 6. The SMILES string of the molecule is CCOC(=O)c1c(C)n(-c2ccccc2)c2ccc(OC(=O)c3cccc([N+](=O)[O-])c3C)cc12. The zero-order chi connectivity index (χ0) is 24.4. The largest absolute Gasteiger partial charge is 0.462 e. The van der Waals surface area contributed by atoms with Gasteiger partial charge in [0.2, 0.25) is 0 Å². The molecule has 0 spiro atoms. The van der Waals surface area contributed by atoms with Crippen molar-refractivity contribution in [3.05, 3.63) is 99.2 Å². The van der Waals surface area contributed by atoms with E-state index in [1.165, 1.54) is 25.1 Å². The maximum absolute atomic E-state index is 12.8. The molecule has 0 aliphatic carbocycles. The van der Waals surface area contributed by atoms with Gasteiger partial charge >= 0.3 is 11.9 Å². The predicted octanol–water partition coefficient (Wildman–Crippen LogP) is 5.55. The van der Waals surface area contributed by atoms with Gasteiger partial charge in [0.1, 0.15) is 5.75 Å². The number of carbonyl (C=O) groups excluding carboxylic acids is 2. The van der Waals surface area contributed by atoms with Gasteiger partial charge in [-0.15, -0.1) is 0 Å². The summed E-state index contributed by atoms with van der Waals surface area (Å²) in [6.45, 7) is 5.28. The maximum Gasteiger partial charge on any atom is 0.344 e. The van der Waals surface area contributed by atoms with Crippen LogP contribution in [0.3, 0.4) is 0 Å². The molecule has 1 aromatic heterocycles. The van der Waals surface area contributed by atoms with Gasteiger partial charge in [-0.2, -0.15) is 0 Å².